The number of hydrogen-bond donors (Lipinski definition) is 1. The third-order valence-electron chi connectivity index (χ3n) is 4.52. The predicted molar refractivity (Wildman–Crippen MR) is 109 cm³/mol. The van der Waals surface area contributed by atoms with Crippen molar-refractivity contribution in [2.24, 2.45) is 0 Å². The summed E-state index contributed by atoms with van der Waals surface area (Å²) >= 11 is 3.04. The number of rotatable bonds is 6. The summed E-state index contributed by atoms with van der Waals surface area (Å²) < 4.78 is 5.22. The van der Waals surface area contributed by atoms with Crippen molar-refractivity contribution in [3.63, 3.8) is 0 Å². The van der Waals surface area contributed by atoms with Crippen LogP contribution in [0.25, 0.3) is 10.2 Å². The Morgan fingerprint density at radius 2 is 2.04 bits per heavy atom. The Balaban J connectivity index is 1.55. The summed E-state index contributed by atoms with van der Waals surface area (Å²) in [5, 5.41) is 4.63. The average molecular weight is 414 g/mol. The van der Waals surface area contributed by atoms with Gasteiger partial charge in [0.25, 0.3) is 5.91 Å². The van der Waals surface area contributed by atoms with Crippen LogP contribution in [0.15, 0.2) is 40.5 Å². The molecule has 1 amide bonds. The summed E-state index contributed by atoms with van der Waals surface area (Å²) in [6.45, 7) is 3.85. The summed E-state index contributed by atoms with van der Waals surface area (Å²) in [7, 11) is 0. The minimum atomic E-state index is -0.516. The van der Waals surface area contributed by atoms with Gasteiger partial charge in [0.05, 0.1) is 5.56 Å². The van der Waals surface area contributed by atoms with Crippen molar-refractivity contribution >= 4 is 45.2 Å². The van der Waals surface area contributed by atoms with Crippen LogP contribution < -0.4 is 5.32 Å². The number of benzene rings is 1. The third kappa shape index (κ3) is 4.02. The molecule has 0 saturated heterocycles. The van der Waals surface area contributed by atoms with Crippen molar-refractivity contribution in [2.75, 3.05) is 6.61 Å². The lowest BCUT2D eigenvalue weighted by molar-refractivity contribution is -0.124. The van der Waals surface area contributed by atoms with Gasteiger partial charge in [0.1, 0.15) is 16.2 Å². The van der Waals surface area contributed by atoms with Crippen LogP contribution in [0.3, 0.4) is 0 Å². The fourth-order valence-corrected chi connectivity index (χ4v) is 4.89. The molecular weight excluding hydrogens is 394 g/mol. The van der Waals surface area contributed by atoms with Gasteiger partial charge in [-0.3, -0.25) is 4.79 Å². The number of nitrogens with zero attached hydrogens (tertiary/aromatic N) is 2. The molecule has 1 aliphatic rings. The van der Waals surface area contributed by atoms with Crippen LogP contribution >= 0.6 is 23.1 Å². The van der Waals surface area contributed by atoms with E-state index in [-0.39, 0.29) is 18.6 Å². The Morgan fingerprint density at radius 3 is 2.82 bits per heavy atom. The molecule has 144 valence electrons. The number of ether oxygens (including phenoxy) is 1. The number of aromatic nitrogens is 2. The molecule has 1 N–H and O–H groups in total. The molecule has 0 radical (unpaired) electrons. The number of esters is 1. The molecule has 8 heteroatoms. The zero-order valence-corrected chi connectivity index (χ0v) is 17.2. The first-order valence-corrected chi connectivity index (χ1v) is 10.6. The molecular formula is C20H19N3O3S2. The fraction of sp³-hybridized carbons (Fsp3) is 0.300. The first-order valence-electron chi connectivity index (χ1n) is 8.97. The van der Waals surface area contributed by atoms with E-state index in [1.165, 1.54) is 16.6 Å². The Labute approximate surface area is 170 Å². The molecule has 0 spiro atoms. The van der Waals surface area contributed by atoms with Gasteiger partial charge in [0.2, 0.25) is 0 Å². The van der Waals surface area contributed by atoms with Gasteiger partial charge in [-0.2, -0.15) is 0 Å². The van der Waals surface area contributed by atoms with E-state index >= 15 is 0 Å². The van der Waals surface area contributed by atoms with Crippen LogP contribution in [0.5, 0.6) is 0 Å². The van der Waals surface area contributed by atoms with Gasteiger partial charge in [-0.1, -0.05) is 23.9 Å². The van der Waals surface area contributed by atoms with Crippen molar-refractivity contribution in [2.45, 2.75) is 42.7 Å². The lowest BCUT2D eigenvalue weighted by Crippen LogP contribution is -2.30. The van der Waals surface area contributed by atoms with E-state index in [9.17, 15) is 9.59 Å². The standard InChI is InChI=1S/C20H19N3O3S2/c1-11-12(2)27-18-17(11)19(22-10-21-18)28-15-6-4-3-5-14(15)20(25)26-9-16(24)23-13-7-8-13/h3-6,10,13H,7-9H2,1-2H3,(H,23,24). The molecule has 2 heterocycles. The highest BCUT2D eigenvalue weighted by Gasteiger charge is 2.24. The molecule has 4 rings (SSSR count). The monoisotopic (exact) mass is 413 g/mol. The van der Waals surface area contributed by atoms with E-state index in [0.717, 1.165) is 38.5 Å². The molecule has 0 bridgehead atoms. The zero-order chi connectivity index (χ0) is 19.7. The first kappa shape index (κ1) is 18.9. The quantitative estimate of drug-likeness (QED) is 0.488. The van der Waals surface area contributed by atoms with Gasteiger partial charge in [-0.05, 0) is 44.4 Å². The molecule has 1 fully saturated rings. The summed E-state index contributed by atoms with van der Waals surface area (Å²) in [5.41, 5.74) is 1.57. The molecule has 6 nitrogen and oxygen atoms in total. The summed E-state index contributed by atoms with van der Waals surface area (Å²) in [4.78, 5) is 36.0. The molecule has 3 aromatic rings. The minimum absolute atomic E-state index is 0.242. The number of nitrogens with one attached hydrogen (secondary N) is 1. The topological polar surface area (TPSA) is 81.2 Å². The lowest BCUT2D eigenvalue weighted by Gasteiger charge is -2.10. The molecule has 0 aliphatic heterocycles. The fourth-order valence-electron chi connectivity index (χ4n) is 2.76. The van der Waals surface area contributed by atoms with Gasteiger partial charge in [-0.25, -0.2) is 14.8 Å². The maximum atomic E-state index is 12.5. The number of aryl methyl sites for hydroxylation is 2. The third-order valence-corrected chi connectivity index (χ3v) is 6.72. The highest BCUT2D eigenvalue weighted by Crippen LogP contribution is 2.38. The highest BCUT2D eigenvalue weighted by atomic mass is 32.2. The van der Waals surface area contributed by atoms with E-state index in [1.54, 1.807) is 29.8 Å². The Kier molecular flexibility index (Phi) is 5.32. The molecule has 0 unspecified atom stereocenters. The second kappa shape index (κ2) is 7.89. The van der Waals surface area contributed by atoms with Gasteiger partial charge in [-0.15, -0.1) is 11.3 Å². The van der Waals surface area contributed by atoms with Crippen LogP contribution in [0.4, 0.5) is 0 Å². The molecule has 1 saturated carbocycles. The number of carbonyl (C=O) groups excluding carboxylic acids is 2. The lowest BCUT2D eigenvalue weighted by atomic mass is 10.2. The second-order valence-corrected chi connectivity index (χ2v) is 8.89. The van der Waals surface area contributed by atoms with Gasteiger partial charge in [0, 0.05) is 21.2 Å². The van der Waals surface area contributed by atoms with Crippen molar-refractivity contribution in [1.29, 1.82) is 0 Å². The van der Waals surface area contributed by atoms with E-state index in [4.69, 9.17) is 4.74 Å². The van der Waals surface area contributed by atoms with E-state index < -0.39 is 5.97 Å². The van der Waals surface area contributed by atoms with E-state index in [1.807, 2.05) is 12.1 Å². The van der Waals surface area contributed by atoms with Crippen LogP contribution in [0, 0.1) is 13.8 Å². The summed E-state index contributed by atoms with van der Waals surface area (Å²) in [6, 6.07) is 7.44. The van der Waals surface area contributed by atoms with Crippen molar-refractivity contribution in [1.82, 2.24) is 15.3 Å². The second-order valence-electron chi connectivity index (χ2n) is 6.66. The van der Waals surface area contributed by atoms with E-state index in [2.05, 4.69) is 29.1 Å². The summed E-state index contributed by atoms with van der Waals surface area (Å²) in [5.74, 6) is -0.777. The van der Waals surface area contributed by atoms with Gasteiger partial charge < -0.3 is 10.1 Å². The largest absolute Gasteiger partial charge is 0.452 e. The summed E-state index contributed by atoms with van der Waals surface area (Å²) in [6.07, 6.45) is 3.53. The number of thiophene rings is 1. The van der Waals surface area contributed by atoms with E-state index in [0.29, 0.717) is 5.56 Å². The SMILES string of the molecule is Cc1sc2ncnc(Sc3ccccc3C(=O)OCC(=O)NC3CC3)c2c1C. The Hall–Kier alpha value is -2.45. The average Bonchev–Trinajstić information content (AvgIpc) is 3.45. The highest BCUT2D eigenvalue weighted by molar-refractivity contribution is 7.99. The smallest absolute Gasteiger partial charge is 0.339 e. The number of hydrogen-bond acceptors (Lipinski definition) is 7. The number of amides is 1. The van der Waals surface area contributed by atoms with Crippen molar-refractivity contribution < 1.29 is 14.3 Å². The predicted octanol–water partition coefficient (Wildman–Crippen LogP) is 3.89. The maximum Gasteiger partial charge on any atom is 0.339 e. The minimum Gasteiger partial charge on any atom is -0.452 e. The molecule has 28 heavy (non-hydrogen) atoms. The Bertz CT molecular complexity index is 1060. The first-order chi connectivity index (χ1) is 13.5. The molecule has 1 aromatic carbocycles. The molecule has 2 aromatic heterocycles. The van der Waals surface area contributed by atoms with Gasteiger partial charge in [0.15, 0.2) is 6.61 Å². The van der Waals surface area contributed by atoms with Crippen molar-refractivity contribution in [3.8, 4) is 0 Å². The Morgan fingerprint density at radius 1 is 1.25 bits per heavy atom. The zero-order valence-electron chi connectivity index (χ0n) is 15.5. The maximum absolute atomic E-state index is 12.5. The van der Waals surface area contributed by atoms with Crippen LogP contribution in [-0.2, 0) is 9.53 Å². The molecule has 1 aliphatic carbocycles. The van der Waals surface area contributed by atoms with Crippen LogP contribution in [-0.4, -0.2) is 34.5 Å². The number of fused-ring (bicyclic) bond motifs is 1. The van der Waals surface area contributed by atoms with Crippen LogP contribution in [0.2, 0.25) is 0 Å². The van der Waals surface area contributed by atoms with Crippen molar-refractivity contribution in [3.05, 3.63) is 46.6 Å². The van der Waals surface area contributed by atoms with Gasteiger partial charge >= 0.3 is 5.97 Å². The van der Waals surface area contributed by atoms with Crippen LogP contribution in [0.1, 0.15) is 33.6 Å². The normalized spacial score (nSPS) is 13.5. The molecule has 0 atom stereocenters. The number of carbonyl (C=O) groups is 2.